The van der Waals surface area contributed by atoms with Crippen LogP contribution in [0.25, 0.3) is 0 Å². The summed E-state index contributed by atoms with van der Waals surface area (Å²) in [5.74, 6) is 0.767. The first-order chi connectivity index (χ1) is 11.8. The molecule has 2 rings (SSSR count). The molecule has 0 saturated carbocycles. The summed E-state index contributed by atoms with van der Waals surface area (Å²) in [5.41, 5.74) is 1.86. The lowest BCUT2D eigenvalue weighted by Crippen LogP contribution is -2.22. The van der Waals surface area contributed by atoms with Gasteiger partial charge in [0.15, 0.2) is 0 Å². The van der Waals surface area contributed by atoms with Crippen LogP contribution in [-0.4, -0.2) is 19.5 Å². The topological polar surface area (TPSA) is 42.5 Å². The van der Waals surface area contributed by atoms with Crippen LogP contribution >= 0.6 is 0 Å². The molecule has 0 heterocycles. The van der Waals surface area contributed by atoms with E-state index in [1.54, 1.807) is 0 Å². The first-order valence-electron chi connectivity index (χ1n) is 7.85. The van der Waals surface area contributed by atoms with Gasteiger partial charge in [-0.2, -0.15) is 0 Å². The fourth-order valence-electron chi connectivity index (χ4n) is 2.22. The first-order valence-corrected chi connectivity index (χ1v) is 7.85. The number of hydrogen-bond acceptors (Lipinski definition) is 4. The zero-order chi connectivity index (χ0) is 18.4. The highest BCUT2D eigenvalue weighted by Crippen LogP contribution is 2.32. The third-order valence-electron chi connectivity index (χ3n) is 3.37. The SMILES string of the molecule is CNc1cccc(Oc2ccc(OC(F)(F)F)cc2)c1CNC(C)C. The second kappa shape index (κ2) is 8.11. The van der Waals surface area contributed by atoms with E-state index in [4.69, 9.17) is 4.74 Å². The molecule has 0 aliphatic heterocycles. The van der Waals surface area contributed by atoms with Gasteiger partial charge in [-0.15, -0.1) is 13.2 Å². The average Bonchev–Trinajstić information content (AvgIpc) is 2.53. The van der Waals surface area contributed by atoms with E-state index in [1.807, 2.05) is 39.1 Å². The molecule has 0 bridgehead atoms. The Morgan fingerprint density at radius 3 is 2.20 bits per heavy atom. The van der Waals surface area contributed by atoms with Crippen molar-refractivity contribution in [3.05, 3.63) is 48.0 Å². The summed E-state index contributed by atoms with van der Waals surface area (Å²) in [5, 5.41) is 6.45. The van der Waals surface area contributed by atoms with Gasteiger partial charge in [-0.1, -0.05) is 19.9 Å². The minimum Gasteiger partial charge on any atom is -0.457 e. The van der Waals surface area contributed by atoms with Gasteiger partial charge in [-0.25, -0.2) is 0 Å². The molecule has 2 aromatic rings. The molecular weight excluding hydrogens is 333 g/mol. The molecular formula is C18H21F3N2O2. The molecule has 7 heteroatoms. The molecule has 4 nitrogen and oxygen atoms in total. The number of benzene rings is 2. The number of ether oxygens (including phenoxy) is 2. The van der Waals surface area contributed by atoms with Gasteiger partial charge >= 0.3 is 6.36 Å². The van der Waals surface area contributed by atoms with Crippen LogP contribution in [0, 0.1) is 0 Å². The van der Waals surface area contributed by atoms with Crippen molar-refractivity contribution >= 4 is 5.69 Å². The largest absolute Gasteiger partial charge is 0.573 e. The number of anilines is 1. The van der Waals surface area contributed by atoms with E-state index >= 15 is 0 Å². The highest BCUT2D eigenvalue weighted by molar-refractivity contribution is 5.58. The molecule has 25 heavy (non-hydrogen) atoms. The highest BCUT2D eigenvalue weighted by atomic mass is 19.4. The maximum atomic E-state index is 12.2. The van der Waals surface area contributed by atoms with E-state index in [0.29, 0.717) is 24.1 Å². The molecule has 0 amide bonds. The summed E-state index contributed by atoms with van der Waals surface area (Å²) in [6, 6.07) is 11.2. The van der Waals surface area contributed by atoms with Crippen molar-refractivity contribution in [1.82, 2.24) is 5.32 Å². The monoisotopic (exact) mass is 354 g/mol. The molecule has 2 aromatic carbocycles. The summed E-state index contributed by atoms with van der Waals surface area (Å²) >= 11 is 0. The molecule has 136 valence electrons. The Morgan fingerprint density at radius 2 is 1.64 bits per heavy atom. The van der Waals surface area contributed by atoms with Gasteiger partial charge in [0, 0.05) is 30.9 Å². The molecule has 2 N–H and O–H groups in total. The van der Waals surface area contributed by atoms with E-state index in [1.165, 1.54) is 24.3 Å². The van der Waals surface area contributed by atoms with E-state index in [9.17, 15) is 13.2 Å². The van der Waals surface area contributed by atoms with Gasteiger partial charge in [0.05, 0.1) is 0 Å². The minimum atomic E-state index is -4.71. The lowest BCUT2D eigenvalue weighted by Gasteiger charge is -2.17. The Morgan fingerprint density at radius 1 is 1.00 bits per heavy atom. The van der Waals surface area contributed by atoms with Crippen molar-refractivity contribution < 1.29 is 22.6 Å². The maximum Gasteiger partial charge on any atom is 0.573 e. The van der Waals surface area contributed by atoms with Gasteiger partial charge < -0.3 is 20.1 Å². The lowest BCUT2D eigenvalue weighted by molar-refractivity contribution is -0.274. The summed E-state index contributed by atoms with van der Waals surface area (Å²) < 4.78 is 46.3. The first kappa shape index (κ1) is 18.9. The Hall–Kier alpha value is -2.41. The highest BCUT2D eigenvalue weighted by Gasteiger charge is 2.31. The molecule has 0 aliphatic rings. The molecule has 0 aromatic heterocycles. The van der Waals surface area contributed by atoms with E-state index in [-0.39, 0.29) is 5.75 Å². The number of halogens is 3. The van der Waals surface area contributed by atoms with Crippen molar-refractivity contribution in [2.45, 2.75) is 32.8 Å². The minimum absolute atomic E-state index is 0.287. The van der Waals surface area contributed by atoms with Crippen LogP contribution in [-0.2, 0) is 6.54 Å². The molecule has 0 atom stereocenters. The van der Waals surface area contributed by atoms with Crippen molar-refractivity contribution in [3.8, 4) is 17.2 Å². The van der Waals surface area contributed by atoms with Crippen LogP contribution in [0.2, 0.25) is 0 Å². The molecule has 0 radical (unpaired) electrons. The summed E-state index contributed by atoms with van der Waals surface area (Å²) in [6.07, 6.45) is -4.71. The number of rotatable bonds is 7. The smallest absolute Gasteiger partial charge is 0.457 e. The molecule has 0 fully saturated rings. The Balaban J connectivity index is 2.18. The standard InChI is InChI=1S/C18H21F3N2O2/c1-12(2)23-11-15-16(22-3)5-4-6-17(15)24-13-7-9-14(10-8-13)25-18(19,20)21/h4-10,12,22-23H,11H2,1-3H3. The quantitative estimate of drug-likeness (QED) is 0.741. The van der Waals surface area contributed by atoms with Gasteiger partial charge in [-0.3, -0.25) is 0 Å². The molecule has 0 saturated heterocycles. The molecule has 0 unspecified atom stereocenters. The zero-order valence-electron chi connectivity index (χ0n) is 14.3. The summed E-state index contributed by atoms with van der Waals surface area (Å²) in [6.45, 7) is 4.68. The van der Waals surface area contributed by atoms with Crippen molar-refractivity contribution in [3.63, 3.8) is 0 Å². The third kappa shape index (κ3) is 5.86. The van der Waals surface area contributed by atoms with Gasteiger partial charge in [0.2, 0.25) is 0 Å². The second-order valence-corrected chi connectivity index (χ2v) is 5.69. The van der Waals surface area contributed by atoms with Gasteiger partial charge in [-0.05, 0) is 36.4 Å². The average molecular weight is 354 g/mol. The Labute approximate surface area is 145 Å². The normalized spacial score (nSPS) is 11.5. The van der Waals surface area contributed by atoms with E-state index in [2.05, 4.69) is 15.4 Å². The van der Waals surface area contributed by atoms with Crippen LogP contribution in [0.4, 0.5) is 18.9 Å². The molecule has 0 spiro atoms. The van der Waals surface area contributed by atoms with Crippen LogP contribution in [0.5, 0.6) is 17.2 Å². The second-order valence-electron chi connectivity index (χ2n) is 5.69. The van der Waals surface area contributed by atoms with Crippen LogP contribution in [0.3, 0.4) is 0 Å². The van der Waals surface area contributed by atoms with Gasteiger partial charge in [0.1, 0.15) is 17.2 Å². The zero-order valence-corrected chi connectivity index (χ0v) is 14.3. The predicted octanol–water partition coefficient (Wildman–Crippen LogP) is 4.92. The van der Waals surface area contributed by atoms with E-state index < -0.39 is 6.36 Å². The van der Waals surface area contributed by atoms with Crippen molar-refractivity contribution in [2.24, 2.45) is 0 Å². The van der Waals surface area contributed by atoms with E-state index in [0.717, 1.165) is 11.3 Å². The van der Waals surface area contributed by atoms with Crippen LogP contribution < -0.4 is 20.1 Å². The Bertz CT molecular complexity index is 686. The third-order valence-corrected chi connectivity index (χ3v) is 3.37. The fraction of sp³-hybridized carbons (Fsp3) is 0.333. The summed E-state index contributed by atoms with van der Waals surface area (Å²) in [4.78, 5) is 0. The number of hydrogen-bond donors (Lipinski definition) is 2. The summed E-state index contributed by atoms with van der Waals surface area (Å²) in [7, 11) is 1.82. The Kier molecular flexibility index (Phi) is 6.14. The lowest BCUT2D eigenvalue weighted by atomic mass is 10.1. The predicted molar refractivity (Wildman–Crippen MR) is 91.2 cm³/mol. The van der Waals surface area contributed by atoms with Crippen molar-refractivity contribution in [1.29, 1.82) is 0 Å². The van der Waals surface area contributed by atoms with Crippen LogP contribution in [0.1, 0.15) is 19.4 Å². The fourth-order valence-corrected chi connectivity index (χ4v) is 2.22. The maximum absolute atomic E-state index is 12.2. The van der Waals surface area contributed by atoms with Crippen LogP contribution in [0.15, 0.2) is 42.5 Å². The van der Waals surface area contributed by atoms with Crippen molar-refractivity contribution in [2.75, 3.05) is 12.4 Å². The number of alkyl halides is 3. The number of nitrogens with one attached hydrogen (secondary N) is 2. The molecule has 0 aliphatic carbocycles. The van der Waals surface area contributed by atoms with Gasteiger partial charge in [0.25, 0.3) is 0 Å².